The summed E-state index contributed by atoms with van der Waals surface area (Å²) in [6.07, 6.45) is 1.10. The number of fused-ring (bicyclic) bond motifs is 3. The van der Waals surface area contributed by atoms with E-state index >= 15 is 0 Å². The topological polar surface area (TPSA) is 0 Å². The lowest BCUT2D eigenvalue weighted by Gasteiger charge is -2.03. The Bertz CT molecular complexity index is 495. The normalized spacial score (nSPS) is 10.5. The quantitative estimate of drug-likeness (QED) is 0.492. The molecule has 0 spiro atoms. The van der Waals surface area contributed by atoms with Crippen LogP contribution in [0.4, 0.5) is 0 Å². The van der Waals surface area contributed by atoms with Crippen LogP contribution in [-0.4, -0.2) is 0 Å². The number of hydrogen-bond acceptors (Lipinski definition) is 0. The molecular formula is C17H22. The summed E-state index contributed by atoms with van der Waals surface area (Å²) < 4.78 is 0. The van der Waals surface area contributed by atoms with E-state index < -0.39 is 0 Å². The van der Waals surface area contributed by atoms with Crippen LogP contribution in [0, 0.1) is 6.92 Å². The molecule has 0 amide bonds. The molecule has 0 unspecified atom stereocenters. The summed E-state index contributed by atoms with van der Waals surface area (Å²) in [5, 5.41) is 0. The van der Waals surface area contributed by atoms with Crippen LogP contribution < -0.4 is 0 Å². The molecule has 0 aliphatic heterocycles. The Balaban J connectivity index is 0.000000459. The molecule has 0 saturated heterocycles. The first kappa shape index (κ1) is 13.5. The Morgan fingerprint density at radius 1 is 0.824 bits per heavy atom. The molecule has 0 radical (unpaired) electrons. The van der Waals surface area contributed by atoms with Crippen LogP contribution in [0.15, 0.2) is 42.5 Å². The van der Waals surface area contributed by atoms with Crippen molar-refractivity contribution in [2.24, 2.45) is 0 Å². The zero-order chi connectivity index (χ0) is 11.5. The van der Waals surface area contributed by atoms with Crippen molar-refractivity contribution in [2.45, 2.75) is 34.6 Å². The zero-order valence-corrected chi connectivity index (χ0v) is 10.2. The van der Waals surface area contributed by atoms with Crippen molar-refractivity contribution < 1.29 is 0 Å². The highest BCUT2D eigenvalue weighted by Crippen LogP contribution is 2.38. The highest BCUT2D eigenvalue weighted by atomic mass is 14.2. The van der Waals surface area contributed by atoms with Crippen molar-refractivity contribution in [3.63, 3.8) is 0 Å². The first-order valence-corrected chi connectivity index (χ1v) is 6.03. The largest absolute Gasteiger partial charge is 0.0776 e. The summed E-state index contributed by atoms with van der Waals surface area (Å²) in [5.74, 6) is 0. The summed E-state index contributed by atoms with van der Waals surface area (Å²) in [4.78, 5) is 0. The van der Waals surface area contributed by atoms with Gasteiger partial charge in [-0.05, 0) is 41.2 Å². The molecule has 1 aliphatic rings. The molecule has 0 nitrogen and oxygen atoms in total. The fourth-order valence-electron chi connectivity index (χ4n) is 2.38. The van der Waals surface area contributed by atoms with E-state index in [2.05, 4.69) is 49.4 Å². The molecule has 0 N–H and O–H groups in total. The highest BCUT2D eigenvalue weighted by molar-refractivity contribution is 5.79. The standard InChI is InChI=1S/C14H12.C2H6.CH4/c1-10-5-4-7-12-9-11-6-2-3-8-13(11)14(10)12;1-2;/h2-8H,9H2,1H3;1-2H3;1H4. The predicted octanol–water partition coefficient (Wildman–Crippen LogP) is 5.23. The van der Waals surface area contributed by atoms with Gasteiger partial charge in [-0.1, -0.05) is 63.7 Å². The molecule has 0 saturated carbocycles. The summed E-state index contributed by atoms with van der Waals surface area (Å²) in [6, 6.07) is 15.3. The Labute approximate surface area is 105 Å². The minimum Gasteiger partial charge on any atom is -0.0776 e. The maximum atomic E-state index is 2.24. The maximum Gasteiger partial charge on any atom is -0.00134 e. The Morgan fingerprint density at radius 3 is 2.24 bits per heavy atom. The van der Waals surface area contributed by atoms with E-state index in [1.807, 2.05) is 13.8 Å². The van der Waals surface area contributed by atoms with Crippen molar-refractivity contribution in [2.75, 3.05) is 0 Å². The van der Waals surface area contributed by atoms with E-state index in [-0.39, 0.29) is 7.43 Å². The minimum atomic E-state index is 0. The monoisotopic (exact) mass is 226 g/mol. The van der Waals surface area contributed by atoms with Crippen LogP contribution in [0.2, 0.25) is 0 Å². The lowest BCUT2D eigenvalue weighted by Crippen LogP contribution is -1.82. The molecular weight excluding hydrogens is 204 g/mol. The number of aryl methyl sites for hydroxylation is 1. The van der Waals surface area contributed by atoms with Gasteiger partial charge in [0, 0.05) is 0 Å². The molecule has 2 aromatic carbocycles. The number of rotatable bonds is 0. The Hall–Kier alpha value is -1.56. The molecule has 0 heteroatoms. The molecule has 0 atom stereocenters. The van der Waals surface area contributed by atoms with Crippen LogP contribution in [0.1, 0.15) is 38.0 Å². The third-order valence-corrected chi connectivity index (χ3v) is 3.03. The molecule has 0 fully saturated rings. The molecule has 90 valence electrons. The smallest absolute Gasteiger partial charge is 0.00134 e. The van der Waals surface area contributed by atoms with E-state index in [1.54, 1.807) is 0 Å². The Morgan fingerprint density at radius 2 is 1.47 bits per heavy atom. The molecule has 0 bridgehead atoms. The first-order chi connectivity index (χ1) is 7.86. The summed E-state index contributed by atoms with van der Waals surface area (Å²) >= 11 is 0. The van der Waals surface area contributed by atoms with Gasteiger partial charge in [0.2, 0.25) is 0 Å². The van der Waals surface area contributed by atoms with Gasteiger partial charge in [-0.25, -0.2) is 0 Å². The second-order valence-corrected chi connectivity index (χ2v) is 3.94. The molecule has 3 rings (SSSR count). The SMILES string of the molecule is C.CC.Cc1cccc2c1-c1ccccc1C2. The van der Waals surface area contributed by atoms with Crippen LogP contribution in [0.3, 0.4) is 0 Å². The number of hydrogen-bond donors (Lipinski definition) is 0. The van der Waals surface area contributed by atoms with Gasteiger partial charge < -0.3 is 0 Å². The van der Waals surface area contributed by atoms with Gasteiger partial charge in [0.1, 0.15) is 0 Å². The minimum absolute atomic E-state index is 0. The van der Waals surface area contributed by atoms with Gasteiger partial charge in [0.05, 0.1) is 0 Å². The average Bonchev–Trinajstić information content (AvgIpc) is 2.71. The van der Waals surface area contributed by atoms with E-state index in [9.17, 15) is 0 Å². The van der Waals surface area contributed by atoms with E-state index in [1.165, 1.54) is 27.8 Å². The third-order valence-electron chi connectivity index (χ3n) is 3.03. The van der Waals surface area contributed by atoms with Crippen LogP contribution in [-0.2, 0) is 6.42 Å². The van der Waals surface area contributed by atoms with E-state index in [0.717, 1.165) is 6.42 Å². The molecule has 0 aromatic heterocycles. The fourth-order valence-corrected chi connectivity index (χ4v) is 2.38. The molecule has 17 heavy (non-hydrogen) atoms. The molecule has 2 aromatic rings. The van der Waals surface area contributed by atoms with Gasteiger partial charge in [0.25, 0.3) is 0 Å². The second-order valence-electron chi connectivity index (χ2n) is 3.94. The average molecular weight is 226 g/mol. The van der Waals surface area contributed by atoms with Crippen molar-refractivity contribution in [1.29, 1.82) is 0 Å². The van der Waals surface area contributed by atoms with Gasteiger partial charge in [-0.15, -0.1) is 0 Å². The summed E-state index contributed by atoms with van der Waals surface area (Å²) in [5.41, 5.74) is 7.24. The first-order valence-electron chi connectivity index (χ1n) is 6.03. The lowest BCUT2D eigenvalue weighted by atomic mass is 10.0. The van der Waals surface area contributed by atoms with Crippen LogP contribution in [0.5, 0.6) is 0 Å². The zero-order valence-electron chi connectivity index (χ0n) is 10.2. The van der Waals surface area contributed by atoms with Gasteiger partial charge in [0.15, 0.2) is 0 Å². The van der Waals surface area contributed by atoms with Gasteiger partial charge >= 0.3 is 0 Å². The van der Waals surface area contributed by atoms with Crippen LogP contribution in [0.25, 0.3) is 11.1 Å². The van der Waals surface area contributed by atoms with E-state index in [4.69, 9.17) is 0 Å². The highest BCUT2D eigenvalue weighted by Gasteiger charge is 2.18. The maximum absolute atomic E-state index is 2.24. The van der Waals surface area contributed by atoms with E-state index in [0.29, 0.717) is 0 Å². The summed E-state index contributed by atoms with van der Waals surface area (Å²) in [6.45, 7) is 6.20. The third kappa shape index (κ3) is 2.26. The van der Waals surface area contributed by atoms with Crippen molar-refractivity contribution in [3.05, 3.63) is 59.2 Å². The van der Waals surface area contributed by atoms with Crippen molar-refractivity contribution >= 4 is 0 Å². The molecule has 0 heterocycles. The Kier molecular flexibility index (Phi) is 4.51. The number of benzene rings is 2. The van der Waals surface area contributed by atoms with Crippen molar-refractivity contribution in [3.8, 4) is 11.1 Å². The molecule has 1 aliphatic carbocycles. The van der Waals surface area contributed by atoms with Crippen molar-refractivity contribution in [1.82, 2.24) is 0 Å². The predicted molar refractivity (Wildman–Crippen MR) is 77.5 cm³/mol. The van der Waals surface area contributed by atoms with Gasteiger partial charge in [-0.2, -0.15) is 0 Å². The summed E-state index contributed by atoms with van der Waals surface area (Å²) in [7, 11) is 0. The van der Waals surface area contributed by atoms with Crippen LogP contribution >= 0.6 is 0 Å². The van der Waals surface area contributed by atoms with Gasteiger partial charge in [-0.3, -0.25) is 0 Å². The second kappa shape index (κ2) is 5.67. The lowest BCUT2D eigenvalue weighted by molar-refractivity contribution is 1.26. The fraction of sp³-hybridized carbons (Fsp3) is 0.294.